The predicted octanol–water partition coefficient (Wildman–Crippen LogP) is 1.62. The first-order chi connectivity index (χ1) is 5.93. The zero-order valence-corrected chi connectivity index (χ0v) is 8.58. The number of Topliss-reactive ketones (excluding diaryl/α,β-unsaturated/α-hetero) is 1. The van der Waals surface area contributed by atoms with E-state index in [1.165, 1.54) is 0 Å². The lowest BCUT2D eigenvalue weighted by atomic mass is 9.52. The zero-order chi connectivity index (χ0) is 9.80. The number of hydrogen-bond acceptors (Lipinski definition) is 2. The quantitative estimate of drug-likeness (QED) is 0.618. The summed E-state index contributed by atoms with van der Waals surface area (Å²) in [7, 11) is 0. The van der Waals surface area contributed by atoms with Crippen LogP contribution in [0.3, 0.4) is 0 Å². The van der Waals surface area contributed by atoms with E-state index >= 15 is 0 Å². The molecule has 2 bridgehead atoms. The van der Waals surface area contributed by atoms with Crippen molar-refractivity contribution in [2.45, 2.75) is 39.7 Å². The first kappa shape index (κ1) is 9.20. The average Bonchev–Trinajstić information content (AvgIpc) is 2.03. The largest absolute Gasteiger partial charge is 0.392 e. The highest BCUT2D eigenvalue weighted by Gasteiger charge is 2.53. The van der Waals surface area contributed by atoms with Gasteiger partial charge in [0.15, 0.2) is 0 Å². The second kappa shape index (κ2) is 2.57. The van der Waals surface area contributed by atoms with E-state index in [0.717, 1.165) is 12.8 Å². The topological polar surface area (TPSA) is 37.3 Å². The van der Waals surface area contributed by atoms with E-state index in [1.54, 1.807) is 0 Å². The van der Waals surface area contributed by atoms with E-state index in [-0.39, 0.29) is 23.4 Å². The molecule has 3 saturated carbocycles. The molecule has 4 atom stereocenters. The maximum Gasteiger partial charge on any atom is 0.141 e. The molecule has 2 nitrogen and oxygen atoms in total. The van der Waals surface area contributed by atoms with Gasteiger partial charge in [0.05, 0.1) is 6.10 Å². The molecule has 0 aromatic rings. The molecule has 3 fully saturated rings. The van der Waals surface area contributed by atoms with Gasteiger partial charge in [-0.15, -0.1) is 0 Å². The maximum atomic E-state index is 11.7. The van der Waals surface area contributed by atoms with Gasteiger partial charge < -0.3 is 5.11 Å². The third-order valence-electron chi connectivity index (χ3n) is 4.13. The summed E-state index contributed by atoms with van der Waals surface area (Å²) in [5, 5.41) is 9.70. The fraction of sp³-hybridized carbons (Fsp3) is 0.909. The van der Waals surface area contributed by atoms with Crippen molar-refractivity contribution < 1.29 is 9.90 Å². The van der Waals surface area contributed by atoms with Crippen LogP contribution in [0.1, 0.15) is 33.6 Å². The van der Waals surface area contributed by atoms with Crippen molar-refractivity contribution in [3.05, 3.63) is 0 Å². The molecule has 3 aliphatic rings. The van der Waals surface area contributed by atoms with E-state index in [0.29, 0.717) is 11.7 Å². The molecule has 0 heterocycles. The van der Waals surface area contributed by atoms with Gasteiger partial charge in [0.2, 0.25) is 0 Å². The van der Waals surface area contributed by atoms with Gasteiger partial charge in [-0.2, -0.15) is 0 Å². The van der Waals surface area contributed by atoms with Gasteiger partial charge in [0.1, 0.15) is 5.78 Å². The van der Waals surface area contributed by atoms with Gasteiger partial charge >= 0.3 is 0 Å². The third-order valence-corrected chi connectivity index (χ3v) is 4.13. The van der Waals surface area contributed by atoms with Crippen molar-refractivity contribution in [3.8, 4) is 0 Å². The molecule has 3 rings (SSSR count). The molecule has 0 radical (unpaired) electrons. The van der Waals surface area contributed by atoms with Gasteiger partial charge in [0.25, 0.3) is 0 Å². The molecular weight excluding hydrogens is 164 g/mol. The van der Waals surface area contributed by atoms with E-state index in [9.17, 15) is 9.90 Å². The Hall–Kier alpha value is -0.370. The summed E-state index contributed by atoms with van der Waals surface area (Å²) in [5.41, 5.74) is 0.247. The van der Waals surface area contributed by atoms with Crippen molar-refractivity contribution in [2.75, 3.05) is 0 Å². The predicted molar refractivity (Wildman–Crippen MR) is 50.2 cm³/mol. The molecule has 2 heteroatoms. The van der Waals surface area contributed by atoms with Crippen molar-refractivity contribution in [1.82, 2.24) is 0 Å². The molecule has 74 valence electrons. The van der Waals surface area contributed by atoms with Crippen LogP contribution in [0.25, 0.3) is 0 Å². The van der Waals surface area contributed by atoms with Crippen LogP contribution in [0.4, 0.5) is 0 Å². The second-order valence-corrected chi connectivity index (χ2v) is 5.40. The Bertz CT molecular complexity index is 244. The molecule has 0 saturated heterocycles. The minimum atomic E-state index is -0.360. The minimum absolute atomic E-state index is 0.0741. The van der Waals surface area contributed by atoms with E-state index in [2.05, 4.69) is 13.8 Å². The van der Waals surface area contributed by atoms with Crippen LogP contribution in [-0.4, -0.2) is 17.0 Å². The monoisotopic (exact) mass is 182 g/mol. The smallest absolute Gasteiger partial charge is 0.141 e. The molecule has 1 N–H and O–H groups in total. The summed E-state index contributed by atoms with van der Waals surface area (Å²) in [4.78, 5) is 11.7. The van der Waals surface area contributed by atoms with Gasteiger partial charge in [-0.05, 0) is 24.2 Å². The van der Waals surface area contributed by atoms with Crippen LogP contribution >= 0.6 is 0 Å². The molecule has 0 unspecified atom stereocenters. The minimum Gasteiger partial charge on any atom is -0.392 e. The first-order valence-corrected chi connectivity index (χ1v) is 5.15. The highest BCUT2D eigenvalue weighted by atomic mass is 16.3. The maximum absolute atomic E-state index is 11.7. The Morgan fingerprint density at radius 1 is 1.46 bits per heavy atom. The summed E-state index contributed by atoms with van der Waals surface area (Å²) >= 11 is 0. The zero-order valence-electron chi connectivity index (χ0n) is 8.58. The van der Waals surface area contributed by atoms with Crippen molar-refractivity contribution in [3.63, 3.8) is 0 Å². The fourth-order valence-electron chi connectivity index (χ4n) is 3.30. The van der Waals surface area contributed by atoms with Gasteiger partial charge in [0, 0.05) is 11.8 Å². The van der Waals surface area contributed by atoms with Crippen LogP contribution in [0.15, 0.2) is 0 Å². The molecule has 13 heavy (non-hydrogen) atoms. The van der Waals surface area contributed by atoms with Crippen molar-refractivity contribution >= 4 is 5.78 Å². The first-order valence-electron chi connectivity index (χ1n) is 5.15. The third kappa shape index (κ3) is 1.15. The van der Waals surface area contributed by atoms with Gasteiger partial charge in [-0.3, -0.25) is 4.79 Å². The van der Waals surface area contributed by atoms with Crippen LogP contribution in [0.2, 0.25) is 0 Å². The number of rotatable bonds is 0. The Kier molecular flexibility index (Phi) is 1.82. The lowest BCUT2D eigenvalue weighted by Crippen LogP contribution is -2.54. The van der Waals surface area contributed by atoms with Gasteiger partial charge in [-0.1, -0.05) is 20.8 Å². The standard InChI is InChI=1S/C11H18O2/c1-6-8-4-9(12)7(10(6)13)5-11(8,2)3/h6-9,12H,4-5H2,1-3H3/t6-,7-,8-,9+/m0/s1. The lowest BCUT2D eigenvalue weighted by Gasteiger charge is -2.52. The Labute approximate surface area is 79.3 Å². The second-order valence-electron chi connectivity index (χ2n) is 5.40. The number of fused-ring (bicyclic) bond motifs is 3. The van der Waals surface area contributed by atoms with E-state index < -0.39 is 0 Å². The number of hydrogen-bond donors (Lipinski definition) is 1. The fourth-order valence-corrected chi connectivity index (χ4v) is 3.30. The summed E-state index contributed by atoms with van der Waals surface area (Å²) in [6.07, 6.45) is 1.34. The molecule has 0 amide bonds. The van der Waals surface area contributed by atoms with E-state index in [4.69, 9.17) is 0 Å². The number of carbonyl (C=O) groups excluding carboxylic acids is 1. The summed E-state index contributed by atoms with van der Waals surface area (Å²) in [6.45, 7) is 6.46. The summed E-state index contributed by atoms with van der Waals surface area (Å²) < 4.78 is 0. The molecular formula is C11H18O2. The van der Waals surface area contributed by atoms with Gasteiger partial charge in [-0.25, -0.2) is 0 Å². The number of aliphatic hydroxyl groups is 1. The Morgan fingerprint density at radius 2 is 2.08 bits per heavy atom. The average molecular weight is 182 g/mol. The molecule has 0 aliphatic heterocycles. The van der Waals surface area contributed by atoms with Crippen LogP contribution in [0, 0.1) is 23.2 Å². The van der Waals surface area contributed by atoms with Crippen molar-refractivity contribution in [1.29, 1.82) is 0 Å². The summed E-state index contributed by atoms with van der Waals surface area (Å²) in [5.74, 6) is 0.773. The molecule has 0 spiro atoms. The number of carbonyl (C=O) groups is 1. The number of ketones is 1. The highest BCUT2D eigenvalue weighted by Crippen LogP contribution is 2.52. The normalized spacial score (nSPS) is 48.2. The lowest BCUT2D eigenvalue weighted by molar-refractivity contribution is -0.155. The molecule has 3 aliphatic carbocycles. The highest BCUT2D eigenvalue weighted by molar-refractivity contribution is 5.86. The van der Waals surface area contributed by atoms with E-state index in [1.807, 2.05) is 6.92 Å². The van der Waals surface area contributed by atoms with Crippen molar-refractivity contribution in [2.24, 2.45) is 23.2 Å². The number of aliphatic hydroxyl groups excluding tert-OH is 1. The molecule has 0 aromatic heterocycles. The SMILES string of the molecule is C[C@@H]1C(=O)[C@H]2CC(C)(C)[C@H]1C[C@H]2O. The Morgan fingerprint density at radius 3 is 2.62 bits per heavy atom. The van der Waals surface area contributed by atoms with Crippen LogP contribution in [0.5, 0.6) is 0 Å². The molecule has 0 aromatic carbocycles. The van der Waals surface area contributed by atoms with Crippen LogP contribution in [-0.2, 0) is 4.79 Å². The van der Waals surface area contributed by atoms with Crippen LogP contribution < -0.4 is 0 Å². The Balaban J connectivity index is 2.33. The summed E-state index contributed by atoms with van der Waals surface area (Å²) in [6, 6.07) is 0.